The van der Waals surface area contributed by atoms with Crippen LogP contribution in [0.5, 0.6) is 0 Å². The number of ether oxygens (including phenoxy) is 1. The molecule has 0 bridgehead atoms. The Morgan fingerprint density at radius 3 is 2.53 bits per heavy atom. The van der Waals surface area contributed by atoms with Crippen molar-refractivity contribution in [3.63, 3.8) is 0 Å². The Kier molecular flexibility index (Phi) is 3.70. The predicted molar refractivity (Wildman–Crippen MR) is 56.0 cm³/mol. The fraction of sp³-hybridized carbons (Fsp3) is 0.818. The summed E-state index contributed by atoms with van der Waals surface area (Å²) in [6.45, 7) is 4.13. The molecule has 0 aromatic heterocycles. The molecule has 15 heavy (non-hydrogen) atoms. The molecular weight excluding hydrogens is 192 g/mol. The van der Waals surface area contributed by atoms with Crippen molar-refractivity contribution in [2.24, 2.45) is 5.41 Å². The average molecular weight is 210 g/mol. The Labute approximate surface area is 90.6 Å². The number of nitrogens with zero attached hydrogens (tertiary/aromatic N) is 1. The summed E-state index contributed by atoms with van der Waals surface area (Å²) in [5, 5.41) is 12.1. The molecule has 1 aliphatic rings. The number of hydrogen-bond donors (Lipinski definition) is 1. The van der Waals surface area contributed by atoms with Crippen molar-refractivity contribution in [2.75, 3.05) is 7.11 Å². The zero-order chi connectivity index (χ0) is 11.5. The van der Waals surface area contributed by atoms with E-state index in [-0.39, 0.29) is 23.5 Å². The lowest BCUT2D eigenvalue weighted by molar-refractivity contribution is -0.142. The van der Waals surface area contributed by atoms with E-state index in [1.54, 1.807) is 0 Å². The Bertz CT molecular complexity index is 279. The summed E-state index contributed by atoms with van der Waals surface area (Å²) in [4.78, 5) is 11.4. The van der Waals surface area contributed by atoms with E-state index in [2.05, 4.69) is 25.2 Å². The molecule has 0 amide bonds. The summed E-state index contributed by atoms with van der Waals surface area (Å²) in [6, 6.07) is 1.69. The number of nitriles is 1. The standard InChI is InChI=1S/C11H18N2O2/c1-4-11(5-2)6-8(10(14)15-3)13-9(11)7-12/h8-9,13H,4-6H2,1-3H3/t8-,9?/m0/s1. The summed E-state index contributed by atoms with van der Waals surface area (Å²) >= 11 is 0. The van der Waals surface area contributed by atoms with Crippen LogP contribution in [0.25, 0.3) is 0 Å². The van der Waals surface area contributed by atoms with Gasteiger partial charge in [-0.05, 0) is 19.3 Å². The van der Waals surface area contributed by atoms with Gasteiger partial charge in [-0.15, -0.1) is 0 Å². The largest absolute Gasteiger partial charge is 0.468 e. The molecule has 1 aliphatic heterocycles. The summed E-state index contributed by atoms with van der Waals surface area (Å²) < 4.78 is 4.70. The number of hydrogen-bond acceptors (Lipinski definition) is 4. The van der Waals surface area contributed by atoms with Crippen molar-refractivity contribution in [1.29, 1.82) is 5.26 Å². The van der Waals surface area contributed by atoms with Crippen LogP contribution in [0.2, 0.25) is 0 Å². The highest BCUT2D eigenvalue weighted by Gasteiger charge is 2.47. The second kappa shape index (κ2) is 4.63. The molecule has 1 N–H and O–H groups in total. The summed E-state index contributed by atoms with van der Waals surface area (Å²) in [7, 11) is 1.38. The van der Waals surface area contributed by atoms with Crippen LogP contribution in [0.1, 0.15) is 33.1 Å². The number of carbonyl (C=O) groups is 1. The van der Waals surface area contributed by atoms with Crippen LogP contribution in [0.3, 0.4) is 0 Å². The monoisotopic (exact) mass is 210 g/mol. The molecule has 4 heteroatoms. The van der Waals surface area contributed by atoms with Crippen LogP contribution in [-0.2, 0) is 9.53 Å². The number of carbonyl (C=O) groups excluding carboxylic acids is 1. The fourth-order valence-electron chi connectivity index (χ4n) is 2.38. The molecule has 4 nitrogen and oxygen atoms in total. The maximum atomic E-state index is 11.4. The molecule has 1 rings (SSSR count). The van der Waals surface area contributed by atoms with Gasteiger partial charge in [0.1, 0.15) is 12.1 Å². The van der Waals surface area contributed by atoms with E-state index in [4.69, 9.17) is 10.00 Å². The lowest BCUT2D eigenvalue weighted by Crippen LogP contribution is -2.38. The van der Waals surface area contributed by atoms with Gasteiger partial charge in [-0.2, -0.15) is 5.26 Å². The minimum Gasteiger partial charge on any atom is -0.468 e. The minimum absolute atomic E-state index is 0.0758. The van der Waals surface area contributed by atoms with E-state index in [0.29, 0.717) is 6.42 Å². The van der Waals surface area contributed by atoms with Gasteiger partial charge in [0.05, 0.1) is 13.2 Å². The molecule has 0 radical (unpaired) electrons. The first kappa shape index (κ1) is 12.0. The van der Waals surface area contributed by atoms with Crippen LogP contribution in [0.4, 0.5) is 0 Å². The van der Waals surface area contributed by atoms with Crippen molar-refractivity contribution >= 4 is 5.97 Å². The number of nitrogens with one attached hydrogen (secondary N) is 1. The number of esters is 1. The second-order valence-corrected chi connectivity index (χ2v) is 4.08. The van der Waals surface area contributed by atoms with Gasteiger partial charge >= 0.3 is 5.97 Å². The Morgan fingerprint density at radius 1 is 1.60 bits per heavy atom. The molecule has 0 saturated carbocycles. The van der Waals surface area contributed by atoms with Crippen molar-refractivity contribution in [3.8, 4) is 6.07 Å². The van der Waals surface area contributed by atoms with E-state index in [1.165, 1.54) is 7.11 Å². The summed E-state index contributed by atoms with van der Waals surface area (Å²) in [5.41, 5.74) is -0.0758. The lowest BCUT2D eigenvalue weighted by Gasteiger charge is -2.28. The first-order valence-corrected chi connectivity index (χ1v) is 5.37. The van der Waals surface area contributed by atoms with Gasteiger partial charge in [-0.3, -0.25) is 10.1 Å². The summed E-state index contributed by atoms with van der Waals surface area (Å²) in [5.74, 6) is -0.265. The SMILES string of the molecule is CCC1(CC)C[C@@H](C(=O)OC)NC1C#N. The second-order valence-electron chi connectivity index (χ2n) is 4.08. The van der Waals surface area contributed by atoms with Crippen LogP contribution >= 0.6 is 0 Å². The van der Waals surface area contributed by atoms with Gasteiger partial charge in [-0.1, -0.05) is 13.8 Å². The molecule has 2 atom stereocenters. The van der Waals surface area contributed by atoms with Crippen molar-refractivity contribution < 1.29 is 9.53 Å². The maximum Gasteiger partial charge on any atom is 0.322 e. The van der Waals surface area contributed by atoms with Crippen molar-refractivity contribution in [1.82, 2.24) is 5.32 Å². The highest BCUT2D eigenvalue weighted by Crippen LogP contribution is 2.40. The topological polar surface area (TPSA) is 62.1 Å². The van der Waals surface area contributed by atoms with Crippen LogP contribution in [0.15, 0.2) is 0 Å². The van der Waals surface area contributed by atoms with Gasteiger partial charge < -0.3 is 4.74 Å². The Balaban J connectivity index is 2.84. The zero-order valence-electron chi connectivity index (χ0n) is 9.54. The summed E-state index contributed by atoms with van der Waals surface area (Å²) in [6.07, 6.45) is 2.51. The molecule has 1 fully saturated rings. The molecular formula is C11H18N2O2. The molecule has 0 aromatic rings. The van der Waals surface area contributed by atoms with Crippen molar-refractivity contribution in [2.45, 2.75) is 45.2 Å². The van der Waals surface area contributed by atoms with Gasteiger partial charge in [0.25, 0.3) is 0 Å². The lowest BCUT2D eigenvalue weighted by atomic mass is 9.75. The van der Waals surface area contributed by atoms with E-state index >= 15 is 0 Å². The highest BCUT2D eigenvalue weighted by atomic mass is 16.5. The van der Waals surface area contributed by atoms with E-state index in [0.717, 1.165) is 12.8 Å². The maximum absolute atomic E-state index is 11.4. The van der Waals surface area contributed by atoms with Crippen molar-refractivity contribution in [3.05, 3.63) is 0 Å². The third-order valence-electron chi connectivity index (χ3n) is 3.61. The minimum atomic E-state index is -0.320. The van der Waals surface area contributed by atoms with Gasteiger partial charge in [0.2, 0.25) is 0 Å². The molecule has 84 valence electrons. The van der Waals surface area contributed by atoms with E-state index in [9.17, 15) is 4.79 Å². The quantitative estimate of drug-likeness (QED) is 0.711. The van der Waals surface area contributed by atoms with Crippen LogP contribution in [0, 0.1) is 16.7 Å². The third kappa shape index (κ3) is 1.98. The molecule has 1 saturated heterocycles. The van der Waals surface area contributed by atoms with E-state index < -0.39 is 0 Å². The molecule has 0 aromatic carbocycles. The molecule has 1 unspecified atom stereocenters. The highest BCUT2D eigenvalue weighted by molar-refractivity contribution is 5.76. The fourth-order valence-corrected chi connectivity index (χ4v) is 2.38. The smallest absolute Gasteiger partial charge is 0.322 e. The van der Waals surface area contributed by atoms with Crippen LogP contribution < -0.4 is 5.32 Å². The average Bonchev–Trinajstić information content (AvgIpc) is 2.67. The Hall–Kier alpha value is -1.08. The predicted octanol–water partition coefficient (Wildman–Crippen LogP) is 1.22. The van der Waals surface area contributed by atoms with Gasteiger partial charge in [0.15, 0.2) is 0 Å². The number of rotatable bonds is 3. The van der Waals surface area contributed by atoms with Crippen LogP contribution in [-0.4, -0.2) is 25.2 Å². The number of methoxy groups -OCH3 is 1. The third-order valence-corrected chi connectivity index (χ3v) is 3.61. The Morgan fingerprint density at radius 2 is 2.20 bits per heavy atom. The normalized spacial score (nSPS) is 28.4. The zero-order valence-corrected chi connectivity index (χ0v) is 9.54. The molecule has 0 spiro atoms. The first-order valence-electron chi connectivity index (χ1n) is 5.37. The van der Waals surface area contributed by atoms with Gasteiger partial charge in [-0.25, -0.2) is 0 Å². The molecule has 0 aliphatic carbocycles. The van der Waals surface area contributed by atoms with E-state index in [1.807, 2.05) is 0 Å². The molecule has 1 heterocycles. The first-order chi connectivity index (χ1) is 7.13. The van der Waals surface area contributed by atoms with Gasteiger partial charge in [0, 0.05) is 5.41 Å².